The molecule has 0 amide bonds. The number of rotatable bonds is 9. The molecule has 1 aliphatic heterocycles. The number of nitrogens with one attached hydrogen (secondary N) is 1. The van der Waals surface area contributed by atoms with E-state index >= 15 is 4.39 Å². The van der Waals surface area contributed by atoms with Crippen molar-refractivity contribution in [1.29, 1.82) is 0 Å². The molecule has 0 saturated heterocycles. The van der Waals surface area contributed by atoms with Crippen LogP contribution < -0.4 is 5.32 Å². The molecule has 1 aliphatic rings. The van der Waals surface area contributed by atoms with E-state index in [1.807, 2.05) is 63.4 Å². The smallest absolute Gasteiger partial charge is 0.137 e. The Hall–Kier alpha value is -4.49. The van der Waals surface area contributed by atoms with Crippen molar-refractivity contribution in [1.82, 2.24) is 15.0 Å². The number of aromatic nitrogens is 3. The van der Waals surface area contributed by atoms with Crippen LogP contribution in [0.1, 0.15) is 57.4 Å². The summed E-state index contributed by atoms with van der Waals surface area (Å²) in [5.41, 5.74) is 7.89. The third kappa shape index (κ3) is 6.84. The fourth-order valence-corrected chi connectivity index (χ4v) is 5.43. The second kappa shape index (κ2) is 13.4. The zero-order valence-electron chi connectivity index (χ0n) is 25.9. The number of benzene rings is 1. The minimum absolute atomic E-state index is 0.0224. The first-order valence-electron chi connectivity index (χ1n) is 14.9. The average molecular weight is 593 g/mol. The van der Waals surface area contributed by atoms with Gasteiger partial charge in [-0.25, -0.2) is 13.8 Å². The van der Waals surface area contributed by atoms with E-state index in [1.54, 1.807) is 12.3 Å². The van der Waals surface area contributed by atoms with Gasteiger partial charge >= 0.3 is 0 Å². The lowest BCUT2D eigenvalue weighted by molar-refractivity contribution is 0.0684. The molecule has 0 bridgehead atoms. The fourth-order valence-electron chi connectivity index (χ4n) is 5.43. The zero-order valence-corrected chi connectivity index (χ0v) is 25.9. The highest BCUT2D eigenvalue weighted by Gasteiger charge is 2.22. The van der Waals surface area contributed by atoms with Crippen LogP contribution in [-0.2, 0) is 4.74 Å². The Morgan fingerprint density at radius 2 is 1.93 bits per heavy atom. The van der Waals surface area contributed by atoms with Crippen LogP contribution in [0.15, 0.2) is 85.2 Å². The minimum Gasteiger partial charge on any atom is -0.374 e. The molecule has 226 valence electrons. The molecule has 1 aromatic carbocycles. The second-order valence-corrected chi connectivity index (χ2v) is 11.7. The maximum atomic E-state index is 15.6. The number of allylic oxidation sites excluding steroid dienone is 5. The van der Waals surface area contributed by atoms with Crippen LogP contribution in [0.3, 0.4) is 0 Å². The first-order valence-corrected chi connectivity index (χ1v) is 14.9. The molecule has 0 fully saturated rings. The lowest BCUT2D eigenvalue weighted by Gasteiger charge is -2.24. The maximum absolute atomic E-state index is 15.6. The molecule has 0 aliphatic carbocycles. The van der Waals surface area contributed by atoms with Crippen molar-refractivity contribution >= 4 is 33.4 Å². The van der Waals surface area contributed by atoms with Crippen LogP contribution in [0.4, 0.5) is 20.2 Å². The first kappa shape index (κ1) is 31.0. The molecule has 5 rings (SSSR count). The van der Waals surface area contributed by atoms with Gasteiger partial charge in [0.2, 0.25) is 0 Å². The van der Waals surface area contributed by atoms with Gasteiger partial charge in [-0.3, -0.25) is 9.97 Å². The fraction of sp³-hybridized carbons (Fsp3) is 0.270. The summed E-state index contributed by atoms with van der Waals surface area (Å²) in [6, 6.07) is 9.64. The number of nitrogens with zero attached hydrogens (tertiary/aromatic N) is 3. The average Bonchev–Trinajstić information content (AvgIpc) is 2.99. The number of halogens is 2. The Balaban J connectivity index is 1.73. The summed E-state index contributed by atoms with van der Waals surface area (Å²) in [6.07, 6.45) is 13.1. The highest BCUT2D eigenvalue weighted by Crippen LogP contribution is 2.39. The Labute approximate surface area is 258 Å². The lowest BCUT2D eigenvalue weighted by atomic mass is 9.96. The van der Waals surface area contributed by atoms with Gasteiger partial charge in [0.15, 0.2) is 0 Å². The normalized spacial score (nSPS) is 15.3. The van der Waals surface area contributed by atoms with E-state index in [1.165, 1.54) is 6.07 Å². The van der Waals surface area contributed by atoms with Crippen LogP contribution in [-0.4, -0.2) is 27.7 Å². The summed E-state index contributed by atoms with van der Waals surface area (Å²) in [4.78, 5) is 14.0. The van der Waals surface area contributed by atoms with Crippen molar-refractivity contribution in [2.75, 3.05) is 11.9 Å². The quantitative estimate of drug-likeness (QED) is 0.196. The van der Waals surface area contributed by atoms with Gasteiger partial charge in [0.25, 0.3) is 0 Å². The molecule has 0 spiro atoms. The van der Waals surface area contributed by atoms with E-state index in [0.29, 0.717) is 40.9 Å². The lowest BCUT2D eigenvalue weighted by Crippen LogP contribution is -2.19. The van der Waals surface area contributed by atoms with Gasteiger partial charge in [0.1, 0.15) is 11.6 Å². The largest absolute Gasteiger partial charge is 0.374 e. The molecule has 1 atom stereocenters. The van der Waals surface area contributed by atoms with Crippen molar-refractivity contribution in [3.63, 3.8) is 0 Å². The number of fused-ring (bicyclic) bond motifs is 1. The third-order valence-electron chi connectivity index (χ3n) is 7.57. The van der Waals surface area contributed by atoms with Crippen LogP contribution in [0.2, 0.25) is 0 Å². The van der Waals surface area contributed by atoms with Crippen molar-refractivity contribution in [2.45, 2.75) is 53.6 Å². The van der Waals surface area contributed by atoms with E-state index in [9.17, 15) is 4.39 Å². The second-order valence-electron chi connectivity index (χ2n) is 11.7. The van der Waals surface area contributed by atoms with Crippen molar-refractivity contribution in [3.8, 4) is 11.4 Å². The molecule has 1 N–H and O–H groups in total. The third-order valence-corrected chi connectivity index (χ3v) is 7.57. The Kier molecular flexibility index (Phi) is 9.45. The number of pyridine rings is 3. The van der Waals surface area contributed by atoms with Gasteiger partial charge in [-0.1, -0.05) is 56.4 Å². The predicted octanol–water partition coefficient (Wildman–Crippen LogP) is 9.78. The number of hydrogen-bond donors (Lipinski definition) is 1. The predicted molar refractivity (Wildman–Crippen MR) is 177 cm³/mol. The van der Waals surface area contributed by atoms with E-state index in [2.05, 4.69) is 41.8 Å². The van der Waals surface area contributed by atoms with Gasteiger partial charge in [-0.15, -0.1) is 0 Å². The molecule has 5 nitrogen and oxygen atoms in total. The van der Waals surface area contributed by atoms with Crippen LogP contribution >= 0.6 is 0 Å². The maximum Gasteiger partial charge on any atom is 0.137 e. The molecule has 44 heavy (non-hydrogen) atoms. The molecule has 7 heteroatoms. The molecule has 0 radical (unpaired) electrons. The topological polar surface area (TPSA) is 59.9 Å². The van der Waals surface area contributed by atoms with Gasteiger partial charge in [0.05, 0.1) is 52.1 Å². The standard InChI is InChI=1S/C37H38F2N4O/c1-7-25(12-11-22(2)3)29-21-41-32(26-13-15-44-28(17-26)16-23(4)5)20-33(29)42-37-24(6)36(31-10-8-9-14-40-31)43-34-19-27(38)18-30(39)35(34)37/h7-12,14,17-21,23,28H,1,13,15-16H2,2-6H3,(H,41,42,43). The molecular formula is C37H38F2N4O. The van der Waals surface area contributed by atoms with Crippen LogP contribution in [0.5, 0.6) is 0 Å². The molecule has 0 saturated carbocycles. The van der Waals surface area contributed by atoms with Gasteiger partial charge in [-0.2, -0.15) is 0 Å². The first-order chi connectivity index (χ1) is 21.1. The van der Waals surface area contributed by atoms with E-state index in [0.717, 1.165) is 46.9 Å². The highest BCUT2D eigenvalue weighted by atomic mass is 19.1. The van der Waals surface area contributed by atoms with Crippen LogP contribution in [0, 0.1) is 24.5 Å². The van der Waals surface area contributed by atoms with E-state index in [4.69, 9.17) is 9.72 Å². The monoisotopic (exact) mass is 592 g/mol. The molecule has 4 heterocycles. The molecule has 1 unspecified atom stereocenters. The SMILES string of the molecule is C=CC(=CC=C(C)C)c1cnc(C2=CC(CC(C)C)OCC2)cc1Nc1c(C)c(-c2ccccn2)nc2cc(F)cc(F)c12. The summed E-state index contributed by atoms with van der Waals surface area (Å²) >= 11 is 0. The summed E-state index contributed by atoms with van der Waals surface area (Å²) in [5.74, 6) is -0.902. The molecule has 3 aromatic heterocycles. The number of hydrogen-bond acceptors (Lipinski definition) is 5. The molecular weight excluding hydrogens is 554 g/mol. The van der Waals surface area contributed by atoms with E-state index < -0.39 is 11.6 Å². The zero-order chi connectivity index (χ0) is 31.4. The number of ether oxygens (including phenoxy) is 1. The van der Waals surface area contributed by atoms with Gasteiger partial charge < -0.3 is 10.1 Å². The Morgan fingerprint density at radius 3 is 2.64 bits per heavy atom. The highest BCUT2D eigenvalue weighted by molar-refractivity contribution is 5.99. The summed E-state index contributed by atoms with van der Waals surface area (Å²) in [7, 11) is 0. The summed E-state index contributed by atoms with van der Waals surface area (Å²) < 4.78 is 36.0. The van der Waals surface area contributed by atoms with Crippen molar-refractivity contribution in [2.24, 2.45) is 5.92 Å². The van der Waals surface area contributed by atoms with Gasteiger partial charge in [0, 0.05) is 35.7 Å². The van der Waals surface area contributed by atoms with Crippen molar-refractivity contribution in [3.05, 3.63) is 114 Å². The Morgan fingerprint density at radius 1 is 1.11 bits per heavy atom. The molecule has 4 aromatic rings. The minimum atomic E-state index is -0.700. The van der Waals surface area contributed by atoms with Crippen molar-refractivity contribution < 1.29 is 13.5 Å². The Bertz CT molecular complexity index is 1790. The summed E-state index contributed by atoms with van der Waals surface area (Å²) in [6.45, 7) is 15.0. The van der Waals surface area contributed by atoms with Crippen LogP contribution in [0.25, 0.3) is 33.4 Å². The number of anilines is 2. The van der Waals surface area contributed by atoms with Gasteiger partial charge in [-0.05, 0) is 68.9 Å². The summed E-state index contributed by atoms with van der Waals surface area (Å²) in [5, 5.41) is 3.74. The van der Waals surface area contributed by atoms with E-state index in [-0.39, 0.29) is 17.0 Å².